The maximum absolute atomic E-state index is 12.7. The van der Waals surface area contributed by atoms with Crippen molar-refractivity contribution in [3.63, 3.8) is 0 Å². The van der Waals surface area contributed by atoms with Crippen molar-refractivity contribution < 1.29 is 32.8 Å². The maximum Gasteiger partial charge on any atom is 0.472 e. The fraction of sp³-hybridized carbons (Fsp3) is 0.712. The summed E-state index contributed by atoms with van der Waals surface area (Å²) in [6, 6.07) is 0. The summed E-state index contributed by atoms with van der Waals surface area (Å²) in [5.41, 5.74) is 5.40. The van der Waals surface area contributed by atoms with Crippen molar-refractivity contribution in [3.8, 4) is 0 Å². The number of rotatable bonds is 52. The Labute approximate surface area is 419 Å². The van der Waals surface area contributed by atoms with Gasteiger partial charge in [0.2, 0.25) is 0 Å². The second kappa shape index (κ2) is 55.3. The summed E-state index contributed by atoms with van der Waals surface area (Å²) in [5, 5.41) is 0. The highest BCUT2D eigenvalue weighted by Crippen LogP contribution is 2.43. The summed E-state index contributed by atoms with van der Waals surface area (Å²) in [4.78, 5) is 22.7. The number of ether oxygens (including phenoxy) is 2. The molecular weight excluding hydrogens is 866 g/mol. The van der Waals surface area contributed by atoms with E-state index >= 15 is 0 Å². The Hall–Kier alpha value is -2.58. The minimum absolute atomic E-state index is 0.0920. The van der Waals surface area contributed by atoms with E-state index in [9.17, 15) is 14.3 Å². The third kappa shape index (κ3) is 54.4. The average molecular weight is 970 g/mol. The van der Waals surface area contributed by atoms with E-state index in [2.05, 4.69) is 111 Å². The zero-order valence-corrected chi connectivity index (χ0v) is 44.7. The minimum atomic E-state index is -4.30. The van der Waals surface area contributed by atoms with Gasteiger partial charge in [-0.1, -0.05) is 227 Å². The Morgan fingerprint density at radius 3 is 1.24 bits per heavy atom. The van der Waals surface area contributed by atoms with Crippen LogP contribution < -0.4 is 5.73 Å². The number of esters is 1. The number of nitrogens with two attached hydrogens (primary N) is 1. The van der Waals surface area contributed by atoms with Gasteiger partial charge in [-0.05, 0) is 96.3 Å². The quantitative estimate of drug-likeness (QED) is 0.0268. The Kier molecular flexibility index (Phi) is 53.2. The number of phosphoric ester groups is 1. The Morgan fingerprint density at radius 2 is 0.824 bits per heavy atom. The fourth-order valence-corrected chi connectivity index (χ4v) is 8.21. The molecule has 2 atom stereocenters. The van der Waals surface area contributed by atoms with E-state index in [4.69, 9.17) is 24.3 Å². The molecule has 2 unspecified atom stereocenters. The van der Waals surface area contributed by atoms with E-state index in [-0.39, 0.29) is 32.3 Å². The maximum atomic E-state index is 12.7. The SMILES string of the molecule is CC/C=C\C/C=C\C/C=C\C/C=C\C/C=C\C/C=C\CCCCCCCOCC(COP(=O)(O)OCCN)OC(=O)CCCCCCCCCCCCCCC/C=C\C/C=C\CCCCCCC. The second-order valence-corrected chi connectivity index (χ2v) is 19.5. The van der Waals surface area contributed by atoms with Crippen LogP contribution in [0.15, 0.2) is 97.2 Å². The van der Waals surface area contributed by atoms with Crippen molar-refractivity contribution in [1.29, 1.82) is 0 Å². The van der Waals surface area contributed by atoms with E-state index in [1.54, 1.807) is 0 Å². The first-order valence-electron chi connectivity index (χ1n) is 27.7. The highest BCUT2D eigenvalue weighted by molar-refractivity contribution is 7.47. The van der Waals surface area contributed by atoms with Gasteiger partial charge in [0.1, 0.15) is 6.10 Å². The summed E-state index contributed by atoms with van der Waals surface area (Å²) in [7, 11) is -4.30. The first kappa shape index (κ1) is 65.4. The number of hydrogen-bond acceptors (Lipinski definition) is 7. The number of phosphoric acid groups is 1. The predicted octanol–water partition coefficient (Wildman–Crippen LogP) is 17.8. The number of carbonyl (C=O) groups is 1. The van der Waals surface area contributed by atoms with E-state index < -0.39 is 13.9 Å². The van der Waals surface area contributed by atoms with Crippen molar-refractivity contribution in [1.82, 2.24) is 0 Å². The molecular formula is C59H104NO7P. The summed E-state index contributed by atoms with van der Waals surface area (Å²) >= 11 is 0. The molecule has 3 N–H and O–H groups in total. The van der Waals surface area contributed by atoms with Crippen molar-refractivity contribution in [2.45, 2.75) is 238 Å². The molecule has 0 aromatic carbocycles. The zero-order valence-electron chi connectivity index (χ0n) is 43.8. The number of hydrogen-bond donors (Lipinski definition) is 2. The van der Waals surface area contributed by atoms with Gasteiger partial charge in [0, 0.05) is 19.6 Å². The van der Waals surface area contributed by atoms with Crippen LogP contribution in [0.5, 0.6) is 0 Å². The van der Waals surface area contributed by atoms with Gasteiger partial charge in [0.15, 0.2) is 0 Å². The van der Waals surface area contributed by atoms with E-state index in [1.807, 2.05) is 0 Å². The molecule has 0 rings (SSSR count). The number of carbonyl (C=O) groups excluding carboxylic acids is 1. The van der Waals surface area contributed by atoms with Crippen LogP contribution in [0.3, 0.4) is 0 Å². The van der Waals surface area contributed by atoms with Gasteiger partial charge in [-0.3, -0.25) is 13.8 Å². The molecule has 0 radical (unpaired) electrons. The summed E-state index contributed by atoms with van der Waals surface area (Å²) in [6.07, 6.45) is 74.5. The van der Waals surface area contributed by atoms with Gasteiger partial charge in [-0.25, -0.2) is 4.57 Å². The van der Waals surface area contributed by atoms with Crippen LogP contribution in [0.4, 0.5) is 0 Å². The van der Waals surface area contributed by atoms with Crippen LogP contribution in [-0.2, 0) is 27.9 Å². The van der Waals surface area contributed by atoms with Crippen LogP contribution in [0, 0.1) is 0 Å². The Bertz CT molecular complexity index is 1370. The van der Waals surface area contributed by atoms with Crippen molar-refractivity contribution in [2.75, 3.05) is 33.0 Å². The highest BCUT2D eigenvalue weighted by Gasteiger charge is 2.25. The van der Waals surface area contributed by atoms with Crippen LogP contribution >= 0.6 is 7.82 Å². The molecule has 0 aliphatic heterocycles. The average Bonchev–Trinajstić information content (AvgIpc) is 3.33. The second-order valence-electron chi connectivity index (χ2n) is 18.1. The molecule has 0 saturated carbocycles. The van der Waals surface area contributed by atoms with Gasteiger partial charge in [-0.15, -0.1) is 0 Å². The summed E-state index contributed by atoms with van der Waals surface area (Å²) < 4.78 is 33.6. The van der Waals surface area contributed by atoms with Crippen molar-refractivity contribution in [2.24, 2.45) is 5.73 Å². The lowest BCUT2D eigenvalue weighted by molar-refractivity contribution is -0.154. The predicted molar refractivity (Wildman–Crippen MR) is 293 cm³/mol. The lowest BCUT2D eigenvalue weighted by Crippen LogP contribution is -2.28. The van der Waals surface area contributed by atoms with Gasteiger partial charge >= 0.3 is 13.8 Å². The molecule has 0 fully saturated rings. The van der Waals surface area contributed by atoms with E-state index in [0.29, 0.717) is 13.0 Å². The van der Waals surface area contributed by atoms with Crippen LogP contribution in [0.2, 0.25) is 0 Å². The molecule has 9 heteroatoms. The first-order chi connectivity index (χ1) is 33.4. The smallest absolute Gasteiger partial charge is 0.457 e. The van der Waals surface area contributed by atoms with Crippen LogP contribution in [0.1, 0.15) is 232 Å². The largest absolute Gasteiger partial charge is 0.472 e. The van der Waals surface area contributed by atoms with Crippen molar-refractivity contribution >= 4 is 13.8 Å². The van der Waals surface area contributed by atoms with Gasteiger partial charge in [-0.2, -0.15) is 0 Å². The highest BCUT2D eigenvalue weighted by atomic mass is 31.2. The summed E-state index contributed by atoms with van der Waals surface area (Å²) in [6.45, 7) is 4.75. The molecule has 0 aromatic rings. The molecule has 0 bridgehead atoms. The zero-order chi connectivity index (χ0) is 49.4. The standard InChI is InChI=1S/C59H104NO7P/c1-3-5-7-9-11-13-15-17-19-21-23-25-27-29-30-32-34-36-38-40-42-44-46-48-50-52-59(61)67-58(57-66-68(62,63)65-55-53-60)56-64-54-51-49-47-45-43-41-39-37-35-33-31-28-26-24-22-20-18-16-14-12-10-8-6-4-2/h6,8,12,14-15,17-18,20-21,23-24,26,31,33,37,39,58H,3-5,7,9-11,13,16,19,22,25,27-30,32,34-36,38,40-57,60H2,1-2H3,(H,62,63)/b8-6-,14-12-,17-15-,20-18-,23-21-,26-24-,33-31-,39-37-. The van der Waals surface area contributed by atoms with E-state index in [1.165, 1.54) is 122 Å². The van der Waals surface area contributed by atoms with Gasteiger partial charge < -0.3 is 20.1 Å². The molecule has 0 aliphatic rings. The molecule has 0 aliphatic carbocycles. The Balaban J connectivity index is 3.98. The normalized spacial score (nSPS) is 14.0. The third-order valence-corrected chi connectivity index (χ3v) is 12.5. The molecule has 68 heavy (non-hydrogen) atoms. The molecule has 0 amide bonds. The Morgan fingerprint density at radius 1 is 0.456 bits per heavy atom. The van der Waals surface area contributed by atoms with Gasteiger partial charge in [0.25, 0.3) is 0 Å². The molecule has 8 nitrogen and oxygen atoms in total. The molecule has 0 saturated heterocycles. The molecule has 0 spiro atoms. The molecule has 392 valence electrons. The monoisotopic (exact) mass is 970 g/mol. The van der Waals surface area contributed by atoms with Crippen molar-refractivity contribution in [3.05, 3.63) is 97.2 Å². The fourth-order valence-electron chi connectivity index (χ4n) is 7.44. The van der Waals surface area contributed by atoms with Crippen LogP contribution in [0.25, 0.3) is 0 Å². The van der Waals surface area contributed by atoms with Gasteiger partial charge in [0.05, 0.1) is 19.8 Å². The minimum Gasteiger partial charge on any atom is -0.457 e. The first-order valence-corrected chi connectivity index (χ1v) is 29.2. The molecule has 0 aromatic heterocycles. The third-order valence-electron chi connectivity index (χ3n) is 11.5. The lowest BCUT2D eigenvalue weighted by Gasteiger charge is -2.20. The topological polar surface area (TPSA) is 117 Å². The number of unbranched alkanes of at least 4 members (excludes halogenated alkanes) is 23. The number of allylic oxidation sites excluding steroid dienone is 16. The molecule has 0 heterocycles. The summed E-state index contributed by atoms with van der Waals surface area (Å²) in [5.74, 6) is -0.340. The van der Waals surface area contributed by atoms with E-state index in [0.717, 1.165) is 89.9 Å². The lowest BCUT2D eigenvalue weighted by atomic mass is 10.0. The van der Waals surface area contributed by atoms with Crippen LogP contribution in [-0.4, -0.2) is 49.9 Å².